The Kier molecular flexibility index (Phi) is 8.01. The summed E-state index contributed by atoms with van der Waals surface area (Å²) in [5, 5.41) is 0. The average molecular weight is 268 g/mol. The van der Waals surface area contributed by atoms with Gasteiger partial charge in [0.15, 0.2) is 0 Å². The molecule has 19 heavy (non-hydrogen) atoms. The van der Waals surface area contributed by atoms with Gasteiger partial charge in [0, 0.05) is 12.1 Å². The highest BCUT2D eigenvalue weighted by Crippen LogP contribution is 2.32. The summed E-state index contributed by atoms with van der Waals surface area (Å²) < 4.78 is 0. The van der Waals surface area contributed by atoms with E-state index in [0.29, 0.717) is 5.54 Å². The molecule has 2 heteroatoms. The summed E-state index contributed by atoms with van der Waals surface area (Å²) in [4.78, 5) is 2.75. The first-order valence-electron chi connectivity index (χ1n) is 8.60. The predicted molar refractivity (Wildman–Crippen MR) is 85.4 cm³/mol. The monoisotopic (exact) mass is 268 g/mol. The van der Waals surface area contributed by atoms with E-state index in [1.165, 1.54) is 70.9 Å². The minimum absolute atomic E-state index is 0.323. The van der Waals surface area contributed by atoms with Gasteiger partial charge in [0.1, 0.15) is 0 Å². The van der Waals surface area contributed by atoms with Gasteiger partial charge in [-0.1, -0.05) is 46.5 Å². The largest absolute Gasteiger partial charge is 0.329 e. The maximum Gasteiger partial charge on any atom is 0.0331 e. The quantitative estimate of drug-likeness (QED) is 0.669. The summed E-state index contributed by atoms with van der Waals surface area (Å²) in [6, 6.07) is 0. The zero-order valence-corrected chi connectivity index (χ0v) is 13.6. The molecule has 2 nitrogen and oxygen atoms in total. The van der Waals surface area contributed by atoms with Crippen LogP contribution < -0.4 is 5.73 Å². The first-order chi connectivity index (χ1) is 9.14. The summed E-state index contributed by atoms with van der Waals surface area (Å²) in [6.07, 6.45) is 12.2. The van der Waals surface area contributed by atoms with E-state index in [2.05, 4.69) is 25.7 Å². The second-order valence-electron chi connectivity index (χ2n) is 6.87. The molecule has 0 bridgehead atoms. The van der Waals surface area contributed by atoms with Crippen LogP contribution in [0.25, 0.3) is 0 Å². The lowest BCUT2D eigenvalue weighted by Crippen LogP contribution is -2.54. The van der Waals surface area contributed by atoms with E-state index >= 15 is 0 Å². The lowest BCUT2D eigenvalue weighted by molar-refractivity contribution is 0.0747. The van der Waals surface area contributed by atoms with E-state index in [1.807, 2.05) is 0 Å². The normalized spacial score (nSPS) is 19.9. The van der Waals surface area contributed by atoms with Crippen molar-refractivity contribution < 1.29 is 0 Å². The van der Waals surface area contributed by atoms with Crippen molar-refractivity contribution in [2.45, 2.75) is 84.1 Å². The van der Waals surface area contributed by atoms with Crippen LogP contribution in [-0.4, -0.2) is 30.1 Å². The van der Waals surface area contributed by atoms with Crippen molar-refractivity contribution in [2.24, 2.45) is 11.7 Å². The van der Waals surface area contributed by atoms with E-state index in [4.69, 9.17) is 5.73 Å². The summed E-state index contributed by atoms with van der Waals surface area (Å²) in [7, 11) is 0. The van der Waals surface area contributed by atoms with Gasteiger partial charge in [0.05, 0.1) is 0 Å². The maximum absolute atomic E-state index is 6.23. The third-order valence-corrected chi connectivity index (χ3v) is 4.79. The third-order valence-electron chi connectivity index (χ3n) is 4.79. The highest BCUT2D eigenvalue weighted by molar-refractivity contribution is 4.93. The minimum atomic E-state index is 0.323. The van der Waals surface area contributed by atoms with Crippen LogP contribution in [0.1, 0.15) is 78.6 Å². The van der Waals surface area contributed by atoms with Crippen LogP contribution in [0.4, 0.5) is 0 Å². The van der Waals surface area contributed by atoms with Crippen LogP contribution in [0.5, 0.6) is 0 Å². The second-order valence-corrected chi connectivity index (χ2v) is 6.87. The van der Waals surface area contributed by atoms with Gasteiger partial charge in [-0.25, -0.2) is 0 Å². The van der Waals surface area contributed by atoms with Crippen LogP contribution in [0.15, 0.2) is 0 Å². The Morgan fingerprint density at radius 1 is 1.05 bits per heavy atom. The molecule has 1 rings (SSSR count). The lowest BCUT2D eigenvalue weighted by atomic mass is 9.87. The maximum atomic E-state index is 6.23. The molecule has 2 N–H and O–H groups in total. The molecule has 0 atom stereocenters. The summed E-state index contributed by atoms with van der Waals surface area (Å²) in [6.45, 7) is 10.3. The van der Waals surface area contributed by atoms with Gasteiger partial charge in [0.2, 0.25) is 0 Å². The lowest BCUT2D eigenvalue weighted by Gasteiger charge is -2.43. The number of rotatable bonds is 8. The fourth-order valence-electron chi connectivity index (χ4n) is 3.58. The molecule has 0 aliphatic heterocycles. The molecule has 1 aliphatic carbocycles. The highest BCUT2D eigenvalue weighted by atomic mass is 15.2. The Morgan fingerprint density at radius 3 is 2.16 bits per heavy atom. The van der Waals surface area contributed by atoms with Crippen molar-refractivity contribution in [3.8, 4) is 0 Å². The van der Waals surface area contributed by atoms with Gasteiger partial charge >= 0.3 is 0 Å². The van der Waals surface area contributed by atoms with Gasteiger partial charge < -0.3 is 5.73 Å². The Balaban J connectivity index is 2.63. The van der Waals surface area contributed by atoms with Crippen LogP contribution in [0, 0.1) is 5.92 Å². The second kappa shape index (κ2) is 8.97. The zero-order valence-electron chi connectivity index (χ0n) is 13.6. The summed E-state index contributed by atoms with van der Waals surface area (Å²) in [5.74, 6) is 0.825. The van der Waals surface area contributed by atoms with Gasteiger partial charge in [-0.2, -0.15) is 0 Å². The average Bonchev–Trinajstić information content (AvgIpc) is 2.63. The van der Waals surface area contributed by atoms with Crippen molar-refractivity contribution in [2.75, 3.05) is 19.6 Å². The topological polar surface area (TPSA) is 29.3 Å². The number of hydrogen-bond acceptors (Lipinski definition) is 2. The van der Waals surface area contributed by atoms with Crippen molar-refractivity contribution in [1.29, 1.82) is 0 Å². The van der Waals surface area contributed by atoms with Crippen molar-refractivity contribution in [3.63, 3.8) is 0 Å². The fraction of sp³-hybridized carbons (Fsp3) is 1.00. The SMILES string of the molecule is CCCN(CCCC(C)C)C1(CN)CCCCCC1. The number of hydrogen-bond donors (Lipinski definition) is 1. The van der Waals surface area contributed by atoms with E-state index < -0.39 is 0 Å². The first kappa shape index (κ1) is 17.0. The molecule has 0 amide bonds. The molecule has 0 aromatic rings. The Hall–Kier alpha value is -0.0800. The van der Waals surface area contributed by atoms with E-state index in [0.717, 1.165) is 12.5 Å². The molecular weight excluding hydrogens is 232 g/mol. The molecule has 1 aliphatic rings. The standard InChI is InChI=1S/C17H36N2/c1-4-13-19(14-9-10-16(2)3)17(15-18)11-7-5-6-8-12-17/h16H,4-15,18H2,1-3H3. The van der Waals surface area contributed by atoms with Crippen molar-refractivity contribution >= 4 is 0 Å². The number of nitrogens with zero attached hydrogens (tertiary/aromatic N) is 1. The summed E-state index contributed by atoms with van der Waals surface area (Å²) >= 11 is 0. The van der Waals surface area contributed by atoms with Crippen molar-refractivity contribution in [1.82, 2.24) is 4.90 Å². The molecular formula is C17H36N2. The summed E-state index contributed by atoms with van der Waals surface area (Å²) in [5.41, 5.74) is 6.55. The Morgan fingerprint density at radius 2 is 1.68 bits per heavy atom. The van der Waals surface area contributed by atoms with Gasteiger partial charge in [-0.3, -0.25) is 4.90 Å². The van der Waals surface area contributed by atoms with E-state index in [9.17, 15) is 0 Å². The number of nitrogens with two attached hydrogens (primary N) is 1. The third kappa shape index (κ3) is 5.43. The van der Waals surface area contributed by atoms with Crippen LogP contribution >= 0.6 is 0 Å². The van der Waals surface area contributed by atoms with Gasteiger partial charge in [-0.15, -0.1) is 0 Å². The van der Waals surface area contributed by atoms with Crippen LogP contribution in [-0.2, 0) is 0 Å². The molecule has 0 radical (unpaired) electrons. The zero-order chi connectivity index (χ0) is 14.1. The molecule has 1 fully saturated rings. The van der Waals surface area contributed by atoms with Crippen molar-refractivity contribution in [3.05, 3.63) is 0 Å². The highest BCUT2D eigenvalue weighted by Gasteiger charge is 2.34. The molecule has 0 spiro atoms. The molecule has 1 saturated carbocycles. The van der Waals surface area contributed by atoms with Gasteiger partial charge in [-0.05, 0) is 51.1 Å². The Bertz CT molecular complexity index is 217. The van der Waals surface area contributed by atoms with Gasteiger partial charge in [0.25, 0.3) is 0 Å². The molecule has 0 aromatic heterocycles. The first-order valence-corrected chi connectivity index (χ1v) is 8.60. The molecule has 0 aromatic carbocycles. The minimum Gasteiger partial charge on any atom is -0.329 e. The smallest absolute Gasteiger partial charge is 0.0331 e. The van der Waals surface area contributed by atoms with Crippen LogP contribution in [0.2, 0.25) is 0 Å². The van der Waals surface area contributed by atoms with E-state index in [-0.39, 0.29) is 0 Å². The molecule has 114 valence electrons. The Labute approximate surface area is 121 Å². The predicted octanol–water partition coefficient (Wildman–Crippen LogP) is 4.19. The fourth-order valence-corrected chi connectivity index (χ4v) is 3.58. The molecule has 0 unspecified atom stereocenters. The van der Waals surface area contributed by atoms with Crippen LogP contribution in [0.3, 0.4) is 0 Å². The molecule has 0 saturated heterocycles. The van der Waals surface area contributed by atoms with E-state index in [1.54, 1.807) is 0 Å². The molecule has 0 heterocycles.